The molecule has 1 atom stereocenters. The van der Waals surface area contributed by atoms with E-state index < -0.39 is 13.4 Å². The van der Waals surface area contributed by atoms with Gasteiger partial charge in [-0.2, -0.15) is 0 Å². The molecule has 17 heavy (non-hydrogen) atoms. The number of nitrogens with one attached hydrogen (secondary N) is 1. The van der Waals surface area contributed by atoms with Gasteiger partial charge >= 0.3 is 7.60 Å². The van der Waals surface area contributed by atoms with Crippen molar-refractivity contribution in [1.29, 1.82) is 0 Å². The third-order valence-corrected chi connectivity index (χ3v) is 3.23. The van der Waals surface area contributed by atoms with Gasteiger partial charge in [-0.1, -0.05) is 30.3 Å². The Labute approximate surface area is 97.3 Å². The Balaban J connectivity index is 2.30. The Hall–Kier alpha value is -1.69. The number of hydrogen-bond acceptors (Lipinski definition) is 4. The van der Waals surface area contributed by atoms with Crippen molar-refractivity contribution in [2.45, 2.75) is 5.78 Å². The molecule has 0 saturated heterocycles. The summed E-state index contributed by atoms with van der Waals surface area (Å²) in [6.07, 6.45) is 2.65. The molecule has 0 unspecified atom stereocenters. The van der Waals surface area contributed by atoms with E-state index in [0.717, 1.165) is 0 Å². The highest BCUT2D eigenvalue weighted by molar-refractivity contribution is 7.52. The van der Waals surface area contributed by atoms with Gasteiger partial charge in [-0.3, -0.25) is 4.57 Å². The fourth-order valence-corrected chi connectivity index (χ4v) is 2.23. The van der Waals surface area contributed by atoms with E-state index in [0.29, 0.717) is 5.56 Å². The van der Waals surface area contributed by atoms with E-state index in [-0.39, 0.29) is 0 Å². The molecule has 0 spiro atoms. The Morgan fingerprint density at radius 1 is 1.18 bits per heavy atom. The molecule has 0 radical (unpaired) electrons. The van der Waals surface area contributed by atoms with E-state index in [2.05, 4.69) is 15.6 Å². The SMILES string of the molecule is O=P(O)(O)[C@@H](Nn1cnnc1)c1ccccc1. The molecule has 0 fully saturated rings. The Bertz CT molecular complexity index is 510. The van der Waals surface area contributed by atoms with Gasteiger partial charge in [0.2, 0.25) is 0 Å². The van der Waals surface area contributed by atoms with Crippen LogP contribution in [0.3, 0.4) is 0 Å². The standard InChI is InChI=1S/C9H11N4O3P/c14-17(15,16)9(8-4-2-1-3-5-8)12-13-6-10-11-7-13/h1-7,9,12H,(H2,14,15,16)/t9-/m1/s1. The van der Waals surface area contributed by atoms with Crippen LogP contribution in [0.4, 0.5) is 0 Å². The predicted molar refractivity (Wildman–Crippen MR) is 60.6 cm³/mol. The van der Waals surface area contributed by atoms with Gasteiger partial charge in [0.25, 0.3) is 0 Å². The molecule has 2 rings (SSSR count). The third kappa shape index (κ3) is 2.91. The Morgan fingerprint density at radius 2 is 1.76 bits per heavy atom. The van der Waals surface area contributed by atoms with E-state index in [4.69, 9.17) is 0 Å². The van der Waals surface area contributed by atoms with Crippen LogP contribution in [0, 0.1) is 0 Å². The van der Waals surface area contributed by atoms with Crippen LogP contribution in [-0.2, 0) is 4.57 Å². The Morgan fingerprint density at radius 3 is 2.29 bits per heavy atom. The molecule has 0 saturated carbocycles. The van der Waals surface area contributed by atoms with Gasteiger partial charge in [-0.15, -0.1) is 10.2 Å². The van der Waals surface area contributed by atoms with E-state index in [1.165, 1.54) is 17.3 Å². The summed E-state index contributed by atoms with van der Waals surface area (Å²) in [5.41, 5.74) is 3.14. The molecule has 3 N–H and O–H groups in total. The van der Waals surface area contributed by atoms with Crippen LogP contribution in [0.25, 0.3) is 0 Å². The number of hydrogen-bond donors (Lipinski definition) is 3. The van der Waals surface area contributed by atoms with Gasteiger partial charge in [0.05, 0.1) is 0 Å². The third-order valence-electron chi connectivity index (χ3n) is 2.14. The average Bonchev–Trinajstić information content (AvgIpc) is 2.78. The van der Waals surface area contributed by atoms with Crippen molar-refractivity contribution in [3.8, 4) is 0 Å². The molecule has 1 aromatic heterocycles. The lowest BCUT2D eigenvalue weighted by Gasteiger charge is -2.21. The Kier molecular flexibility index (Phi) is 3.23. The highest BCUT2D eigenvalue weighted by Gasteiger charge is 2.30. The van der Waals surface area contributed by atoms with Gasteiger partial charge in [-0.25, -0.2) is 4.68 Å². The zero-order chi connectivity index (χ0) is 12.3. The molecule has 1 aromatic carbocycles. The van der Waals surface area contributed by atoms with Crippen LogP contribution in [-0.4, -0.2) is 24.7 Å². The molecular weight excluding hydrogens is 243 g/mol. The second-order valence-corrected chi connectivity index (χ2v) is 5.10. The van der Waals surface area contributed by atoms with Crippen LogP contribution in [0.5, 0.6) is 0 Å². The maximum Gasteiger partial charge on any atom is 0.353 e. The van der Waals surface area contributed by atoms with Crippen LogP contribution in [0.2, 0.25) is 0 Å². The molecule has 0 aliphatic rings. The summed E-state index contributed by atoms with van der Waals surface area (Å²) in [7, 11) is -4.33. The van der Waals surface area contributed by atoms with E-state index in [1.54, 1.807) is 30.3 Å². The summed E-state index contributed by atoms with van der Waals surface area (Å²) < 4.78 is 12.7. The molecule has 7 nitrogen and oxygen atoms in total. The fourth-order valence-electron chi connectivity index (χ4n) is 1.39. The number of benzene rings is 1. The van der Waals surface area contributed by atoms with Crippen LogP contribution >= 0.6 is 7.60 Å². The van der Waals surface area contributed by atoms with E-state index in [1.807, 2.05) is 0 Å². The summed E-state index contributed by atoms with van der Waals surface area (Å²) in [5.74, 6) is -1.13. The monoisotopic (exact) mass is 254 g/mol. The average molecular weight is 254 g/mol. The number of rotatable bonds is 4. The second kappa shape index (κ2) is 4.67. The van der Waals surface area contributed by atoms with Crippen molar-refractivity contribution < 1.29 is 14.4 Å². The molecule has 90 valence electrons. The summed E-state index contributed by atoms with van der Waals surface area (Å²) >= 11 is 0. The normalized spacial score (nSPS) is 13.3. The van der Waals surface area contributed by atoms with E-state index >= 15 is 0 Å². The molecular formula is C9H11N4O3P. The zero-order valence-electron chi connectivity index (χ0n) is 8.71. The number of nitrogens with zero attached hydrogens (tertiary/aromatic N) is 3. The second-order valence-electron chi connectivity index (χ2n) is 3.40. The van der Waals surface area contributed by atoms with Crippen molar-refractivity contribution in [3.63, 3.8) is 0 Å². The van der Waals surface area contributed by atoms with E-state index in [9.17, 15) is 14.4 Å². The maximum absolute atomic E-state index is 11.4. The first-order chi connectivity index (χ1) is 8.07. The summed E-state index contributed by atoms with van der Waals surface area (Å²) in [5, 5.41) is 7.10. The smallest absolute Gasteiger partial charge is 0.323 e. The molecule has 0 aliphatic heterocycles. The lowest BCUT2D eigenvalue weighted by molar-refractivity contribution is 0.360. The van der Waals surface area contributed by atoms with Gasteiger partial charge in [0.1, 0.15) is 12.7 Å². The van der Waals surface area contributed by atoms with Crippen LogP contribution in [0.15, 0.2) is 43.0 Å². The largest absolute Gasteiger partial charge is 0.353 e. The van der Waals surface area contributed by atoms with Crippen molar-refractivity contribution in [1.82, 2.24) is 14.9 Å². The molecule has 2 aromatic rings. The lowest BCUT2D eigenvalue weighted by Crippen LogP contribution is -2.20. The zero-order valence-corrected chi connectivity index (χ0v) is 9.60. The highest BCUT2D eigenvalue weighted by atomic mass is 31.2. The van der Waals surface area contributed by atoms with Crippen molar-refractivity contribution in [3.05, 3.63) is 48.5 Å². The number of aromatic nitrogens is 3. The summed E-state index contributed by atoms with van der Waals surface area (Å²) in [6.45, 7) is 0. The molecule has 8 heteroatoms. The topological polar surface area (TPSA) is 100 Å². The van der Waals surface area contributed by atoms with Gasteiger partial charge in [0, 0.05) is 0 Å². The molecule has 0 aliphatic carbocycles. The van der Waals surface area contributed by atoms with Crippen molar-refractivity contribution >= 4 is 7.60 Å². The highest BCUT2D eigenvalue weighted by Crippen LogP contribution is 2.50. The first kappa shape index (κ1) is 11.8. The first-order valence-corrected chi connectivity index (χ1v) is 6.47. The van der Waals surface area contributed by atoms with Gasteiger partial charge < -0.3 is 15.2 Å². The molecule has 0 amide bonds. The van der Waals surface area contributed by atoms with Crippen LogP contribution < -0.4 is 5.43 Å². The minimum absolute atomic E-state index is 0.495. The van der Waals surface area contributed by atoms with Crippen LogP contribution in [0.1, 0.15) is 11.3 Å². The summed E-state index contributed by atoms with van der Waals surface area (Å²) in [4.78, 5) is 18.6. The van der Waals surface area contributed by atoms with Crippen molar-refractivity contribution in [2.24, 2.45) is 0 Å². The van der Waals surface area contributed by atoms with Gasteiger partial charge in [0.15, 0.2) is 5.78 Å². The maximum atomic E-state index is 11.4. The minimum Gasteiger partial charge on any atom is -0.323 e. The summed E-state index contributed by atoms with van der Waals surface area (Å²) in [6, 6.07) is 8.49. The quantitative estimate of drug-likeness (QED) is 0.694. The fraction of sp³-hybridized carbons (Fsp3) is 0.111. The predicted octanol–water partition coefficient (Wildman–Crippen LogP) is 0.698. The minimum atomic E-state index is -4.33. The first-order valence-electron chi connectivity index (χ1n) is 4.79. The molecule has 1 heterocycles. The van der Waals surface area contributed by atoms with Gasteiger partial charge in [-0.05, 0) is 5.56 Å². The molecule has 0 bridgehead atoms. The van der Waals surface area contributed by atoms with Crippen molar-refractivity contribution in [2.75, 3.05) is 5.43 Å². The lowest BCUT2D eigenvalue weighted by atomic mass is 10.2.